The number of carbonyl (C=O) groups excluding carboxylic acids is 2. The van der Waals surface area contributed by atoms with E-state index in [1.165, 1.54) is 7.05 Å². The number of nitrogens with zero attached hydrogens (tertiary/aromatic N) is 4. The highest BCUT2D eigenvalue weighted by molar-refractivity contribution is 6.12. The Hall–Kier alpha value is -4.99. The van der Waals surface area contributed by atoms with Crippen LogP contribution in [0.25, 0.3) is 22.3 Å². The fraction of sp³-hybridized carbons (Fsp3) is 0.0800. The van der Waals surface area contributed by atoms with E-state index in [1.807, 2.05) is 24.3 Å². The summed E-state index contributed by atoms with van der Waals surface area (Å²) in [6.45, 7) is 0.376. The number of carbonyl (C=O) groups is 2. The summed E-state index contributed by atoms with van der Waals surface area (Å²) in [5.74, 6) is 0.409. The molecule has 3 N–H and O–H groups in total. The minimum Gasteiger partial charge on any atom is -0.467 e. The van der Waals surface area contributed by atoms with Gasteiger partial charge in [0, 0.05) is 36.4 Å². The van der Waals surface area contributed by atoms with Crippen molar-refractivity contribution in [2.24, 2.45) is 0 Å². The Balaban J connectivity index is 1.50. The summed E-state index contributed by atoms with van der Waals surface area (Å²) in [5.41, 5.74) is 3.53. The van der Waals surface area contributed by atoms with E-state index in [9.17, 15) is 9.59 Å². The Kier molecular flexibility index (Phi) is 5.91. The van der Waals surface area contributed by atoms with Gasteiger partial charge in [0.25, 0.3) is 5.91 Å². The second kappa shape index (κ2) is 9.48. The summed E-state index contributed by atoms with van der Waals surface area (Å²) in [5, 5.41) is 13.1. The molecule has 0 atom stereocenters. The van der Waals surface area contributed by atoms with E-state index in [0.29, 0.717) is 40.2 Å². The van der Waals surface area contributed by atoms with Gasteiger partial charge in [0.05, 0.1) is 29.1 Å². The summed E-state index contributed by atoms with van der Waals surface area (Å²) in [7, 11) is 1.54. The van der Waals surface area contributed by atoms with Gasteiger partial charge in [0.1, 0.15) is 12.3 Å². The molecule has 5 aromatic rings. The average Bonchev–Trinajstić information content (AvgIpc) is 3.55. The summed E-state index contributed by atoms with van der Waals surface area (Å²) in [4.78, 5) is 33.8. The van der Waals surface area contributed by atoms with Gasteiger partial charge in [0.2, 0.25) is 0 Å². The molecule has 174 valence electrons. The number of benzene rings is 1. The number of pyridine rings is 2. The topological polar surface area (TPSA) is 127 Å². The number of furan rings is 1. The third-order valence-corrected chi connectivity index (χ3v) is 5.32. The molecule has 35 heavy (non-hydrogen) atoms. The molecule has 0 saturated carbocycles. The van der Waals surface area contributed by atoms with E-state index >= 15 is 0 Å². The molecule has 0 bridgehead atoms. The van der Waals surface area contributed by atoms with Crippen LogP contribution in [0.1, 0.15) is 16.1 Å². The Bertz CT molecular complexity index is 1480. The first-order chi connectivity index (χ1) is 17.1. The van der Waals surface area contributed by atoms with Crippen molar-refractivity contribution in [3.05, 3.63) is 90.8 Å². The summed E-state index contributed by atoms with van der Waals surface area (Å²) in [6, 6.07) is 15.6. The summed E-state index contributed by atoms with van der Waals surface area (Å²) in [6.07, 6.45) is 6.61. The molecule has 0 aliphatic carbocycles. The zero-order valence-corrected chi connectivity index (χ0v) is 18.7. The molecule has 10 nitrogen and oxygen atoms in total. The number of hydrogen-bond donors (Lipinski definition) is 3. The SMILES string of the molecule is CNC(=O)Nc1ccc(NC(=O)c2cc(-c3cccnc3)nc3c2cnn3Cc2ccco2)cc1. The van der Waals surface area contributed by atoms with Crippen molar-refractivity contribution < 1.29 is 14.0 Å². The molecule has 1 aromatic carbocycles. The van der Waals surface area contributed by atoms with E-state index in [4.69, 9.17) is 9.40 Å². The molecular weight excluding hydrogens is 446 g/mol. The van der Waals surface area contributed by atoms with Crippen molar-refractivity contribution in [2.75, 3.05) is 17.7 Å². The van der Waals surface area contributed by atoms with E-state index in [2.05, 4.69) is 26.0 Å². The van der Waals surface area contributed by atoms with Crippen LogP contribution in [0.5, 0.6) is 0 Å². The van der Waals surface area contributed by atoms with Crippen LogP contribution < -0.4 is 16.0 Å². The zero-order chi connectivity index (χ0) is 24.2. The highest BCUT2D eigenvalue weighted by atomic mass is 16.3. The van der Waals surface area contributed by atoms with Crippen LogP contribution in [-0.4, -0.2) is 38.7 Å². The molecule has 0 saturated heterocycles. The molecule has 0 unspecified atom stereocenters. The maximum Gasteiger partial charge on any atom is 0.318 e. The lowest BCUT2D eigenvalue weighted by molar-refractivity contribution is 0.102. The lowest BCUT2D eigenvalue weighted by Gasteiger charge is -2.10. The monoisotopic (exact) mass is 467 g/mol. The first-order valence-corrected chi connectivity index (χ1v) is 10.8. The van der Waals surface area contributed by atoms with E-state index in [-0.39, 0.29) is 11.9 Å². The summed E-state index contributed by atoms with van der Waals surface area (Å²) < 4.78 is 7.16. The standard InChI is InChI=1S/C25H21N7O3/c1-26-25(34)30-18-8-6-17(7-9-18)29-24(33)20-12-22(16-4-2-10-27-13-16)31-23-21(20)14-28-32(23)15-19-5-3-11-35-19/h2-14H,15H2,1H3,(H,29,33)(H2,26,30,34). The Morgan fingerprint density at radius 3 is 2.49 bits per heavy atom. The molecule has 4 aromatic heterocycles. The number of aromatic nitrogens is 4. The van der Waals surface area contributed by atoms with Gasteiger partial charge >= 0.3 is 6.03 Å². The lowest BCUT2D eigenvalue weighted by Crippen LogP contribution is -2.24. The second-order valence-corrected chi connectivity index (χ2v) is 7.65. The fourth-order valence-electron chi connectivity index (χ4n) is 3.59. The van der Waals surface area contributed by atoms with Crippen LogP contribution in [0.2, 0.25) is 0 Å². The van der Waals surface area contributed by atoms with Crippen LogP contribution in [0.15, 0.2) is 83.9 Å². The van der Waals surface area contributed by atoms with Gasteiger partial charge < -0.3 is 20.4 Å². The zero-order valence-electron chi connectivity index (χ0n) is 18.7. The number of fused-ring (bicyclic) bond motifs is 1. The number of urea groups is 1. The Morgan fingerprint density at radius 1 is 1.00 bits per heavy atom. The molecule has 0 aliphatic rings. The van der Waals surface area contributed by atoms with E-state index in [1.54, 1.807) is 59.9 Å². The van der Waals surface area contributed by atoms with Crippen molar-refractivity contribution in [1.82, 2.24) is 25.1 Å². The maximum absolute atomic E-state index is 13.4. The third-order valence-electron chi connectivity index (χ3n) is 5.32. The number of amides is 3. The average molecular weight is 467 g/mol. The van der Waals surface area contributed by atoms with Crippen molar-refractivity contribution >= 4 is 34.3 Å². The van der Waals surface area contributed by atoms with Gasteiger partial charge in [-0.1, -0.05) is 0 Å². The first kappa shape index (κ1) is 21.8. The Morgan fingerprint density at radius 2 is 1.80 bits per heavy atom. The predicted molar refractivity (Wildman–Crippen MR) is 131 cm³/mol. The lowest BCUT2D eigenvalue weighted by atomic mass is 10.1. The predicted octanol–water partition coefficient (Wildman–Crippen LogP) is 4.14. The van der Waals surface area contributed by atoms with Gasteiger partial charge in [-0.05, 0) is 54.6 Å². The molecule has 0 fully saturated rings. The molecule has 3 amide bonds. The highest BCUT2D eigenvalue weighted by Crippen LogP contribution is 2.26. The second-order valence-electron chi connectivity index (χ2n) is 7.65. The van der Waals surface area contributed by atoms with Crippen LogP contribution in [0, 0.1) is 0 Å². The minimum atomic E-state index is -0.324. The molecule has 0 radical (unpaired) electrons. The highest BCUT2D eigenvalue weighted by Gasteiger charge is 2.18. The molecule has 0 aliphatic heterocycles. The maximum atomic E-state index is 13.4. The van der Waals surface area contributed by atoms with Crippen LogP contribution in [0.4, 0.5) is 16.2 Å². The third kappa shape index (κ3) is 4.71. The molecule has 0 spiro atoms. The fourth-order valence-corrected chi connectivity index (χ4v) is 3.59. The van der Waals surface area contributed by atoms with Gasteiger partial charge in [-0.25, -0.2) is 14.5 Å². The number of hydrogen-bond acceptors (Lipinski definition) is 6. The molecule has 10 heteroatoms. The normalized spacial score (nSPS) is 10.8. The van der Waals surface area contributed by atoms with Crippen LogP contribution in [0.3, 0.4) is 0 Å². The smallest absolute Gasteiger partial charge is 0.318 e. The van der Waals surface area contributed by atoms with Crippen LogP contribution >= 0.6 is 0 Å². The Labute approximate surface area is 200 Å². The van der Waals surface area contributed by atoms with E-state index in [0.717, 1.165) is 11.3 Å². The quantitative estimate of drug-likeness (QED) is 0.344. The van der Waals surface area contributed by atoms with Crippen molar-refractivity contribution in [3.63, 3.8) is 0 Å². The number of nitrogens with one attached hydrogen (secondary N) is 3. The van der Waals surface area contributed by atoms with Gasteiger partial charge in [-0.15, -0.1) is 0 Å². The first-order valence-electron chi connectivity index (χ1n) is 10.8. The van der Waals surface area contributed by atoms with Crippen molar-refractivity contribution in [1.29, 1.82) is 0 Å². The molecule has 5 rings (SSSR count). The van der Waals surface area contributed by atoms with E-state index < -0.39 is 0 Å². The van der Waals surface area contributed by atoms with Gasteiger partial charge in [0.15, 0.2) is 5.65 Å². The number of rotatable bonds is 6. The van der Waals surface area contributed by atoms with Crippen molar-refractivity contribution in [2.45, 2.75) is 6.54 Å². The van der Waals surface area contributed by atoms with Crippen molar-refractivity contribution in [3.8, 4) is 11.3 Å². The molecule has 4 heterocycles. The molecular formula is C25H21N7O3. The summed E-state index contributed by atoms with van der Waals surface area (Å²) >= 11 is 0. The minimum absolute atomic E-state index is 0.313. The van der Waals surface area contributed by atoms with Gasteiger partial charge in [-0.3, -0.25) is 9.78 Å². The van der Waals surface area contributed by atoms with Gasteiger partial charge in [-0.2, -0.15) is 5.10 Å². The van der Waals surface area contributed by atoms with Crippen LogP contribution in [-0.2, 0) is 6.54 Å². The largest absolute Gasteiger partial charge is 0.467 e. The number of anilines is 2.